The Kier molecular flexibility index (Phi) is 15.9. The lowest BCUT2D eigenvalue weighted by Gasteiger charge is -2.14. The topological polar surface area (TPSA) is 156 Å². The summed E-state index contributed by atoms with van der Waals surface area (Å²) >= 11 is 0. The quantitative estimate of drug-likeness (QED) is 0.114. The molecule has 0 saturated heterocycles. The molecule has 0 atom stereocenters. The molecule has 524 valence electrons. The molecule has 0 bridgehead atoms. The number of rotatable bonds is 12. The molecule has 0 aliphatic carbocycles. The van der Waals surface area contributed by atoms with E-state index in [4.69, 9.17) is 37.6 Å². The first kappa shape index (κ1) is 64.9. The largest absolute Gasteiger partial charge is 0.455 e. The number of aromatic nitrogens is 8. The molecule has 0 amide bonds. The van der Waals surface area contributed by atoms with Gasteiger partial charge in [-0.15, -0.1) is 0 Å². The Labute approximate surface area is 641 Å². The van der Waals surface area contributed by atoms with E-state index in [0.29, 0.717) is 11.6 Å². The van der Waals surface area contributed by atoms with Gasteiger partial charge in [-0.1, -0.05) is 255 Å². The van der Waals surface area contributed by atoms with Crippen molar-refractivity contribution in [3.8, 4) is 135 Å². The number of furan rings is 4. The van der Waals surface area contributed by atoms with Crippen molar-refractivity contribution in [2.24, 2.45) is 0 Å². The molecular formula is C100H60N8O4. The predicted octanol–water partition coefficient (Wildman–Crippen LogP) is 26.1. The van der Waals surface area contributed by atoms with Gasteiger partial charge in [-0.05, 0) is 107 Å². The lowest BCUT2D eigenvalue weighted by atomic mass is 9.93. The Balaban J connectivity index is 0.000000141. The summed E-state index contributed by atoms with van der Waals surface area (Å²) in [6.45, 7) is 0. The van der Waals surface area contributed by atoms with Crippen LogP contribution in [0.2, 0.25) is 0 Å². The second-order valence-electron chi connectivity index (χ2n) is 27.8. The minimum absolute atomic E-state index is 0.626. The Hall–Kier alpha value is -15.4. The molecule has 0 spiro atoms. The van der Waals surface area contributed by atoms with Gasteiger partial charge >= 0.3 is 0 Å². The lowest BCUT2D eigenvalue weighted by Crippen LogP contribution is -1.97. The van der Waals surface area contributed by atoms with Gasteiger partial charge in [0.25, 0.3) is 0 Å². The average Bonchev–Trinajstić information content (AvgIpc) is 1.42. The van der Waals surface area contributed by atoms with Gasteiger partial charge in [-0.3, -0.25) is 0 Å². The number of nitrogens with zero attached hydrogens (tertiary/aromatic N) is 8. The molecule has 8 aromatic heterocycles. The zero-order chi connectivity index (χ0) is 74.0. The summed E-state index contributed by atoms with van der Waals surface area (Å²) in [7, 11) is 0. The van der Waals surface area contributed by atoms with Crippen LogP contribution >= 0.6 is 0 Å². The van der Waals surface area contributed by atoms with E-state index < -0.39 is 0 Å². The summed E-state index contributed by atoms with van der Waals surface area (Å²) in [6, 6.07) is 115. The van der Waals surface area contributed by atoms with Crippen molar-refractivity contribution in [3.05, 3.63) is 365 Å². The van der Waals surface area contributed by atoms with Crippen molar-refractivity contribution in [2.75, 3.05) is 0 Å². The molecule has 0 unspecified atom stereocenters. The molecule has 14 aromatic carbocycles. The van der Waals surface area contributed by atoms with Gasteiger partial charge in [0.1, 0.15) is 57.3 Å². The fourth-order valence-electron chi connectivity index (χ4n) is 15.5. The van der Waals surface area contributed by atoms with E-state index in [1.54, 1.807) is 12.5 Å². The molecule has 0 saturated carbocycles. The highest BCUT2D eigenvalue weighted by atomic mass is 16.3. The fraction of sp³-hybridized carbons (Fsp3) is 0. The number of benzene rings is 14. The van der Waals surface area contributed by atoms with E-state index >= 15 is 0 Å². The van der Waals surface area contributed by atoms with Crippen LogP contribution in [0.4, 0.5) is 0 Å². The maximum atomic E-state index is 6.58. The Bertz CT molecular complexity index is 6660. The van der Waals surface area contributed by atoms with Crippen LogP contribution in [0.1, 0.15) is 0 Å². The van der Waals surface area contributed by atoms with Crippen LogP contribution in [0.3, 0.4) is 0 Å². The minimum Gasteiger partial charge on any atom is -0.455 e. The van der Waals surface area contributed by atoms with E-state index in [1.165, 1.54) is 6.33 Å². The third-order valence-electron chi connectivity index (χ3n) is 21.0. The molecule has 0 aliphatic heterocycles. The van der Waals surface area contributed by atoms with Gasteiger partial charge in [0.05, 0.1) is 28.5 Å². The highest BCUT2D eigenvalue weighted by Crippen LogP contribution is 2.46. The van der Waals surface area contributed by atoms with E-state index in [1.807, 2.05) is 103 Å². The molecule has 22 aromatic rings. The Morgan fingerprint density at radius 3 is 0.848 bits per heavy atom. The van der Waals surface area contributed by atoms with Crippen molar-refractivity contribution in [1.29, 1.82) is 0 Å². The van der Waals surface area contributed by atoms with Gasteiger partial charge < -0.3 is 17.7 Å². The highest BCUT2D eigenvalue weighted by molar-refractivity contribution is 6.14. The van der Waals surface area contributed by atoms with Crippen LogP contribution in [0, 0.1) is 0 Å². The predicted molar refractivity (Wildman–Crippen MR) is 450 cm³/mol. The second kappa shape index (κ2) is 27.4. The van der Waals surface area contributed by atoms with Gasteiger partial charge in [0.2, 0.25) is 0 Å². The normalized spacial score (nSPS) is 11.6. The third kappa shape index (κ3) is 11.8. The second-order valence-corrected chi connectivity index (χ2v) is 27.8. The number of para-hydroxylation sites is 8. The molecule has 112 heavy (non-hydrogen) atoms. The van der Waals surface area contributed by atoms with Gasteiger partial charge in [-0.25, -0.2) is 39.9 Å². The van der Waals surface area contributed by atoms with E-state index in [-0.39, 0.29) is 0 Å². The van der Waals surface area contributed by atoms with Crippen molar-refractivity contribution >= 4 is 87.8 Å². The summed E-state index contributed by atoms with van der Waals surface area (Å²) in [6.07, 6.45) is 8.48. The molecule has 0 aliphatic rings. The zero-order valence-electron chi connectivity index (χ0n) is 59.9. The van der Waals surface area contributed by atoms with Crippen LogP contribution in [-0.2, 0) is 0 Å². The average molecular weight is 1440 g/mol. The fourth-order valence-corrected chi connectivity index (χ4v) is 15.5. The van der Waals surface area contributed by atoms with E-state index in [2.05, 4.69) is 263 Å². The van der Waals surface area contributed by atoms with Crippen molar-refractivity contribution in [2.45, 2.75) is 0 Å². The van der Waals surface area contributed by atoms with E-state index in [9.17, 15) is 0 Å². The van der Waals surface area contributed by atoms with Gasteiger partial charge in [0, 0.05) is 128 Å². The van der Waals surface area contributed by atoms with Crippen molar-refractivity contribution in [1.82, 2.24) is 39.9 Å². The van der Waals surface area contributed by atoms with Gasteiger partial charge in [0.15, 0.2) is 11.6 Å². The van der Waals surface area contributed by atoms with Gasteiger partial charge in [-0.2, -0.15) is 0 Å². The summed E-state index contributed by atoms with van der Waals surface area (Å²) in [4.78, 5) is 37.7. The first-order chi connectivity index (χ1) is 55.5. The molecule has 0 radical (unpaired) electrons. The summed E-state index contributed by atoms with van der Waals surface area (Å²) in [5.41, 5.74) is 27.6. The highest BCUT2D eigenvalue weighted by Gasteiger charge is 2.23. The third-order valence-corrected chi connectivity index (χ3v) is 21.0. The monoisotopic (exact) mass is 1440 g/mol. The minimum atomic E-state index is 0.626. The van der Waals surface area contributed by atoms with Crippen molar-refractivity contribution in [3.63, 3.8) is 0 Å². The van der Waals surface area contributed by atoms with Crippen LogP contribution in [-0.4, -0.2) is 39.9 Å². The zero-order valence-corrected chi connectivity index (χ0v) is 59.9. The number of hydrogen-bond acceptors (Lipinski definition) is 12. The first-order valence-electron chi connectivity index (χ1n) is 37.0. The lowest BCUT2D eigenvalue weighted by molar-refractivity contribution is 0.669. The van der Waals surface area contributed by atoms with Crippen LogP contribution in [0.5, 0.6) is 0 Å². The Morgan fingerprint density at radius 1 is 0.188 bits per heavy atom. The molecule has 8 heterocycles. The van der Waals surface area contributed by atoms with Crippen molar-refractivity contribution < 1.29 is 17.7 Å². The molecule has 12 nitrogen and oxygen atoms in total. The molecule has 22 rings (SSSR count). The van der Waals surface area contributed by atoms with E-state index in [0.717, 1.165) is 211 Å². The molecular weight excluding hydrogens is 1380 g/mol. The number of fused-ring (bicyclic) bond motifs is 12. The van der Waals surface area contributed by atoms with Crippen LogP contribution in [0.15, 0.2) is 383 Å². The molecule has 12 heteroatoms. The molecule has 0 fully saturated rings. The summed E-state index contributed by atoms with van der Waals surface area (Å²) in [5.74, 6) is 1.25. The smallest absolute Gasteiger partial charge is 0.160 e. The maximum absolute atomic E-state index is 6.58. The standard InChI is InChI=1S/2C50H30N4O2/c1-2-10-32(11-3-1)44-27-45(54-50(53-44)33-22-20-31(21-23-33)37-28-51-30-52-29-37)36-25-34(38-14-8-16-42-40-12-4-6-18-46(40)55-48(38)42)24-35(26-36)39-15-9-17-43-41-13-5-7-19-47(41)56-49(39)43;1-2-10-31(11-3-1)44-29-45(54-50(53-44)33-22-20-32(21-23-33)43-24-25-51-30-52-43)36-27-34(37-14-8-16-41-39-12-4-6-18-46(39)55-48(37)41)26-35(28-36)38-15-9-17-42-40-13-5-7-19-47(40)56-49(38)42/h2*1-30H. The first-order valence-corrected chi connectivity index (χ1v) is 37.0. The number of hydrogen-bond donors (Lipinski definition) is 0. The SMILES string of the molecule is c1ccc(-c2cc(-c3cc(-c4cccc5c4oc4ccccc45)cc(-c4cccc5c4oc4ccccc45)c3)nc(-c3ccc(-c4ccncn4)cc3)n2)cc1.c1ccc(-c2cc(-c3cc(-c4cccc5c4oc4ccccc45)cc(-c4cccc5c4oc4ccccc45)c3)nc(-c3ccc(-c4cncnc4)cc3)n2)cc1. The van der Waals surface area contributed by atoms with Crippen LogP contribution < -0.4 is 0 Å². The summed E-state index contributed by atoms with van der Waals surface area (Å²) < 4.78 is 26.3. The van der Waals surface area contributed by atoms with Crippen LogP contribution in [0.25, 0.3) is 222 Å². The summed E-state index contributed by atoms with van der Waals surface area (Å²) in [5, 5.41) is 8.66. The Morgan fingerprint density at radius 2 is 0.491 bits per heavy atom. The maximum Gasteiger partial charge on any atom is 0.160 e. The molecule has 0 N–H and O–H groups in total.